The van der Waals surface area contributed by atoms with E-state index in [4.69, 9.17) is 0 Å². The summed E-state index contributed by atoms with van der Waals surface area (Å²) in [6.45, 7) is 2.12. The van der Waals surface area contributed by atoms with E-state index in [0.717, 1.165) is 34.4 Å². The van der Waals surface area contributed by atoms with Gasteiger partial charge in [-0.15, -0.1) is 10.2 Å². The lowest BCUT2D eigenvalue weighted by Crippen LogP contribution is -2.30. The van der Waals surface area contributed by atoms with Gasteiger partial charge < -0.3 is 0 Å². The number of non-ortho nitro benzene ring substituents is 1. The van der Waals surface area contributed by atoms with Gasteiger partial charge in [0.2, 0.25) is 5.16 Å². The molecule has 0 aliphatic carbocycles. The van der Waals surface area contributed by atoms with Crippen molar-refractivity contribution in [1.29, 1.82) is 0 Å². The van der Waals surface area contributed by atoms with Crippen LogP contribution >= 0.6 is 23.5 Å². The number of aromatic nitrogens is 3. The van der Waals surface area contributed by atoms with Crippen LogP contribution in [0.2, 0.25) is 0 Å². The molecule has 0 radical (unpaired) electrons. The Labute approximate surface area is 140 Å². The van der Waals surface area contributed by atoms with Crippen LogP contribution in [0.3, 0.4) is 0 Å². The van der Waals surface area contributed by atoms with Crippen LogP contribution in [-0.4, -0.2) is 19.8 Å². The van der Waals surface area contributed by atoms with Crippen molar-refractivity contribution in [2.24, 2.45) is 0 Å². The first kappa shape index (κ1) is 14.6. The molecule has 118 valence electrons. The van der Waals surface area contributed by atoms with Crippen molar-refractivity contribution in [1.82, 2.24) is 14.9 Å². The maximum atomic E-state index is 10.8. The van der Waals surface area contributed by atoms with Crippen LogP contribution < -0.4 is 5.01 Å². The smallest absolute Gasteiger partial charge is 0.258 e. The summed E-state index contributed by atoms with van der Waals surface area (Å²) in [7, 11) is 0. The molecule has 0 bridgehead atoms. The summed E-state index contributed by atoms with van der Waals surface area (Å²) in [5, 5.41) is 25.7. The van der Waals surface area contributed by atoms with E-state index in [1.807, 2.05) is 12.1 Å². The fourth-order valence-corrected chi connectivity index (χ4v) is 4.90. The molecule has 23 heavy (non-hydrogen) atoms. The Morgan fingerprint density at radius 3 is 2.78 bits per heavy atom. The minimum absolute atomic E-state index is 0.0474. The number of benzene rings is 1. The van der Waals surface area contributed by atoms with Gasteiger partial charge in [0.1, 0.15) is 10.4 Å². The number of fused-ring (bicyclic) bond motifs is 3. The van der Waals surface area contributed by atoms with Crippen molar-refractivity contribution in [2.75, 3.05) is 5.01 Å². The maximum absolute atomic E-state index is 10.8. The first-order chi connectivity index (χ1) is 11.2. The largest absolute Gasteiger partial charge is 0.269 e. The van der Waals surface area contributed by atoms with Crippen molar-refractivity contribution in [3.05, 3.63) is 56.2 Å². The van der Waals surface area contributed by atoms with Gasteiger partial charge in [0.25, 0.3) is 5.69 Å². The summed E-state index contributed by atoms with van der Waals surface area (Å²) < 4.78 is 2.08. The third kappa shape index (κ3) is 2.31. The predicted molar refractivity (Wildman–Crippen MR) is 89.6 cm³/mol. The molecule has 1 aromatic carbocycles. The van der Waals surface area contributed by atoms with Gasteiger partial charge in [-0.3, -0.25) is 15.1 Å². The van der Waals surface area contributed by atoms with E-state index < -0.39 is 0 Å². The van der Waals surface area contributed by atoms with E-state index in [9.17, 15) is 10.1 Å². The number of nitrogens with zero attached hydrogens (tertiary/aromatic N) is 5. The van der Waals surface area contributed by atoms with Crippen molar-refractivity contribution in [3.8, 4) is 0 Å². The highest BCUT2D eigenvalue weighted by atomic mass is 32.2. The lowest BCUT2D eigenvalue weighted by atomic mass is 10.2. The maximum Gasteiger partial charge on any atom is 0.269 e. The number of hydrogen-bond donors (Lipinski definition) is 0. The van der Waals surface area contributed by atoms with Crippen molar-refractivity contribution >= 4 is 29.2 Å². The molecule has 7 nitrogen and oxygen atoms in total. The molecule has 2 aromatic rings. The Balaban J connectivity index is 1.69. The minimum Gasteiger partial charge on any atom is -0.258 e. The van der Waals surface area contributed by atoms with E-state index in [1.54, 1.807) is 35.7 Å². The second kappa shape index (κ2) is 5.57. The van der Waals surface area contributed by atoms with E-state index >= 15 is 0 Å². The topological polar surface area (TPSA) is 77.1 Å². The molecule has 2 aliphatic rings. The van der Waals surface area contributed by atoms with Crippen LogP contribution in [0, 0.1) is 10.1 Å². The van der Waals surface area contributed by atoms with Gasteiger partial charge in [-0.05, 0) is 35.9 Å². The lowest BCUT2D eigenvalue weighted by Gasteiger charge is -2.25. The molecular formula is C14H13N5O2S2. The first-order valence-electron chi connectivity index (χ1n) is 7.20. The fraction of sp³-hybridized carbons (Fsp3) is 0.286. The van der Waals surface area contributed by atoms with Crippen LogP contribution in [-0.2, 0) is 6.42 Å². The summed E-state index contributed by atoms with van der Waals surface area (Å²) >= 11 is 3.30. The number of nitro benzene ring substituents is 1. The SMILES string of the molecule is CCCc1nnc2n1N1C(=CSC1c1ccc([N+](=O)[O-])cc1)S2. The van der Waals surface area contributed by atoms with Gasteiger partial charge in [0, 0.05) is 24.0 Å². The van der Waals surface area contributed by atoms with Gasteiger partial charge in [-0.1, -0.05) is 18.7 Å². The van der Waals surface area contributed by atoms with Crippen molar-refractivity contribution in [2.45, 2.75) is 30.3 Å². The Bertz CT molecular complexity index is 802. The third-order valence-electron chi connectivity index (χ3n) is 3.70. The van der Waals surface area contributed by atoms with Crippen LogP contribution in [0.5, 0.6) is 0 Å². The molecule has 1 atom stereocenters. The fourth-order valence-electron chi connectivity index (χ4n) is 2.65. The molecule has 1 unspecified atom stereocenters. The average molecular weight is 347 g/mol. The average Bonchev–Trinajstić information content (AvgIpc) is 3.20. The molecule has 3 heterocycles. The standard InChI is InChI=1S/C14H13N5O2S2/c1-2-3-11-15-16-14-17(11)18-12(23-14)8-22-13(18)9-4-6-10(7-5-9)19(20)21/h4-8,13H,2-3H2,1H3. The summed E-state index contributed by atoms with van der Waals surface area (Å²) in [6, 6.07) is 6.74. The van der Waals surface area contributed by atoms with Gasteiger partial charge in [-0.25, -0.2) is 4.68 Å². The second-order valence-corrected chi connectivity index (χ2v) is 7.14. The monoisotopic (exact) mass is 347 g/mol. The third-order valence-corrected chi connectivity index (χ3v) is 5.89. The molecule has 0 saturated heterocycles. The molecule has 4 rings (SSSR count). The van der Waals surface area contributed by atoms with E-state index in [-0.39, 0.29) is 16.0 Å². The molecule has 0 fully saturated rings. The second-order valence-electron chi connectivity index (χ2n) is 5.20. The minimum atomic E-state index is -0.377. The first-order valence-corrected chi connectivity index (χ1v) is 8.96. The van der Waals surface area contributed by atoms with Crippen molar-refractivity contribution < 1.29 is 4.92 Å². The zero-order valence-corrected chi connectivity index (χ0v) is 13.9. The number of aryl methyl sites for hydroxylation is 1. The van der Waals surface area contributed by atoms with E-state index in [1.165, 1.54) is 0 Å². The van der Waals surface area contributed by atoms with Gasteiger partial charge in [0.15, 0.2) is 5.82 Å². The molecule has 2 aliphatic heterocycles. The number of nitro groups is 1. The molecular weight excluding hydrogens is 334 g/mol. The molecule has 0 spiro atoms. The molecule has 1 aromatic heterocycles. The number of thioether (sulfide) groups is 2. The number of rotatable bonds is 4. The molecule has 9 heteroatoms. The zero-order chi connectivity index (χ0) is 16.0. The van der Waals surface area contributed by atoms with Crippen molar-refractivity contribution in [3.63, 3.8) is 0 Å². The highest BCUT2D eigenvalue weighted by Gasteiger charge is 2.39. The van der Waals surface area contributed by atoms with Gasteiger partial charge in [-0.2, -0.15) is 0 Å². The van der Waals surface area contributed by atoms with Crippen LogP contribution in [0.25, 0.3) is 0 Å². The summed E-state index contributed by atoms with van der Waals surface area (Å²) in [5.74, 6) is 0.952. The zero-order valence-electron chi connectivity index (χ0n) is 12.2. The van der Waals surface area contributed by atoms with E-state index in [0.29, 0.717) is 0 Å². The van der Waals surface area contributed by atoms with Crippen LogP contribution in [0.1, 0.15) is 30.1 Å². The Kier molecular flexibility index (Phi) is 3.53. The Hall–Kier alpha value is -2.00. The molecule has 0 amide bonds. The lowest BCUT2D eigenvalue weighted by molar-refractivity contribution is -0.384. The van der Waals surface area contributed by atoms with Crippen LogP contribution in [0.15, 0.2) is 39.9 Å². The highest BCUT2D eigenvalue weighted by Crippen LogP contribution is 2.51. The Morgan fingerprint density at radius 2 is 2.09 bits per heavy atom. The molecule has 0 N–H and O–H groups in total. The number of hydrogen-bond acceptors (Lipinski definition) is 7. The molecule has 0 saturated carbocycles. The predicted octanol–water partition coefficient (Wildman–Crippen LogP) is 3.43. The Morgan fingerprint density at radius 1 is 1.30 bits per heavy atom. The summed E-state index contributed by atoms with van der Waals surface area (Å²) in [6.07, 6.45) is 1.88. The quantitative estimate of drug-likeness (QED) is 0.619. The summed E-state index contributed by atoms with van der Waals surface area (Å²) in [4.78, 5) is 10.4. The van der Waals surface area contributed by atoms with Gasteiger partial charge >= 0.3 is 0 Å². The highest BCUT2D eigenvalue weighted by molar-refractivity contribution is 8.07. The van der Waals surface area contributed by atoms with Crippen LogP contribution in [0.4, 0.5) is 5.69 Å². The van der Waals surface area contributed by atoms with Gasteiger partial charge in [0.05, 0.1) is 4.92 Å². The normalized spacial score (nSPS) is 18.7. The summed E-state index contributed by atoms with van der Waals surface area (Å²) in [5.41, 5.74) is 1.13. The van der Waals surface area contributed by atoms with E-state index in [2.05, 4.69) is 32.2 Å².